The zero-order chi connectivity index (χ0) is 18.7. The van der Waals surface area contributed by atoms with Gasteiger partial charge in [-0.25, -0.2) is 0 Å². The van der Waals surface area contributed by atoms with Crippen LogP contribution in [0.15, 0.2) is 24.3 Å². The van der Waals surface area contributed by atoms with Crippen LogP contribution in [0.25, 0.3) is 0 Å². The maximum atomic E-state index is 12.3. The van der Waals surface area contributed by atoms with E-state index in [1.54, 1.807) is 23.5 Å². The number of fused-ring (bicyclic) bond motifs is 1. The van der Waals surface area contributed by atoms with E-state index in [9.17, 15) is 10.1 Å². The minimum atomic E-state index is -0.251. The van der Waals surface area contributed by atoms with Crippen LogP contribution in [0, 0.1) is 17.2 Å². The Kier molecular flexibility index (Phi) is 5.70. The molecule has 0 fully saturated rings. The molecule has 1 amide bonds. The fraction of sp³-hybridized carbons (Fsp3) is 0.350. The Morgan fingerprint density at radius 1 is 1.38 bits per heavy atom. The Hall–Kier alpha value is -2.23. The third-order valence-electron chi connectivity index (χ3n) is 4.70. The summed E-state index contributed by atoms with van der Waals surface area (Å²) in [5, 5.41) is 16.2. The molecule has 0 aliphatic heterocycles. The lowest BCUT2D eigenvalue weighted by atomic mass is 9.89. The summed E-state index contributed by atoms with van der Waals surface area (Å²) in [6, 6.07) is 9.76. The third kappa shape index (κ3) is 3.95. The first-order chi connectivity index (χ1) is 12.5. The predicted octanol–water partition coefficient (Wildman–Crippen LogP) is 4.43. The number of hydrogen-bond donors (Lipinski definition) is 2. The Morgan fingerprint density at radius 2 is 2.12 bits per heavy atom. The zero-order valence-electron chi connectivity index (χ0n) is 14.9. The van der Waals surface area contributed by atoms with E-state index in [0.717, 1.165) is 36.2 Å². The van der Waals surface area contributed by atoms with Gasteiger partial charge in [-0.1, -0.05) is 26.0 Å². The van der Waals surface area contributed by atoms with Gasteiger partial charge in [0.15, 0.2) is 5.11 Å². The molecule has 1 heterocycles. The van der Waals surface area contributed by atoms with Crippen molar-refractivity contribution in [3.05, 3.63) is 51.4 Å². The van der Waals surface area contributed by atoms with Gasteiger partial charge in [-0.05, 0) is 67.1 Å². The Balaban J connectivity index is 1.70. The minimum Gasteiger partial charge on any atom is -0.323 e. The number of thiophene rings is 1. The summed E-state index contributed by atoms with van der Waals surface area (Å²) >= 11 is 6.86. The fourth-order valence-corrected chi connectivity index (χ4v) is 4.78. The minimum absolute atomic E-state index is 0.220. The van der Waals surface area contributed by atoms with Crippen molar-refractivity contribution in [1.82, 2.24) is 5.32 Å². The molecule has 3 rings (SSSR count). The number of carbonyl (C=O) groups is 1. The van der Waals surface area contributed by atoms with Crippen LogP contribution in [0.1, 0.15) is 52.2 Å². The van der Waals surface area contributed by atoms with Gasteiger partial charge < -0.3 is 5.32 Å². The number of amides is 1. The summed E-state index contributed by atoms with van der Waals surface area (Å²) in [6.07, 6.45) is 3.97. The molecule has 0 saturated heterocycles. The number of nitriles is 1. The third-order valence-corrected chi connectivity index (χ3v) is 6.08. The molecule has 0 spiro atoms. The van der Waals surface area contributed by atoms with E-state index in [1.165, 1.54) is 10.4 Å². The number of hydrogen-bond acceptors (Lipinski definition) is 4. The summed E-state index contributed by atoms with van der Waals surface area (Å²) in [6.45, 7) is 4.30. The van der Waals surface area contributed by atoms with E-state index in [-0.39, 0.29) is 11.0 Å². The highest BCUT2D eigenvalue weighted by Crippen LogP contribution is 2.39. The highest BCUT2D eigenvalue weighted by atomic mass is 32.1. The van der Waals surface area contributed by atoms with Crippen molar-refractivity contribution in [2.45, 2.75) is 39.5 Å². The first-order valence-electron chi connectivity index (χ1n) is 8.77. The molecule has 1 atom stereocenters. The van der Waals surface area contributed by atoms with Crippen LogP contribution in [-0.2, 0) is 19.3 Å². The molecule has 1 aliphatic carbocycles. The predicted molar refractivity (Wildman–Crippen MR) is 110 cm³/mol. The highest BCUT2D eigenvalue weighted by Gasteiger charge is 2.24. The number of anilines is 1. The highest BCUT2D eigenvalue weighted by molar-refractivity contribution is 7.80. The lowest BCUT2D eigenvalue weighted by molar-refractivity contribution is 0.0977. The largest absolute Gasteiger partial charge is 0.323 e. The second-order valence-corrected chi connectivity index (χ2v) is 8.14. The van der Waals surface area contributed by atoms with Gasteiger partial charge in [0.2, 0.25) is 0 Å². The van der Waals surface area contributed by atoms with Crippen molar-refractivity contribution in [1.29, 1.82) is 5.26 Å². The summed E-state index contributed by atoms with van der Waals surface area (Å²) < 4.78 is 0. The van der Waals surface area contributed by atoms with E-state index in [2.05, 4.69) is 30.6 Å². The van der Waals surface area contributed by atoms with Crippen molar-refractivity contribution < 1.29 is 4.79 Å². The van der Waals surface area contributed by atoms with Crippen molar-refractivity contribution in [2.75, 3.05) is 5.32 Å². The number of nitrogens with one attached hydrogen (secondary N) is 2. The number of aryl methyl sites for hydroxylation is 1. The summed E-state index contributed by atoms with van der Waals surface area (Å²) in [5.74, 6) is 0.386. The molecule has 1 aromatic heterocycles. The number of benzene rings is 1. The summed E-state index contributed by atoms with van der Waals surface area (Å²) in [5.41, 5.74) is 3.55. The van der Waals surface area contributed by atoms with Crippen molar-refractivity contribution >= 4 is 39.6 Å². The van der Waals surface area contributed by atoms with Crippen LogP contribution in [-0.4, -0.2) is 11.0 Å². The summed E-state index contributed by atoms with van der Waals surface area (Å²) in [4.78, 5) is 13.6. The van der Waals surface area contributed by atoms with Gasteiger partial charge in [-0.3, -0.25) is 10.1 Å². The lowest BCUT2D eigenvalue weighted by Gasteiger charge is -2.17. The molecule has 26 heavy (non-hydrogen) atoms. The summed E-state index contributed by atoms with van der Waals surface area (Å²) in [7, 11) is 0. The molecule has 0 bridgehead atoms. The van der Waals surface area contributed by atoms with Gasteiger partial charge in [-0.15, -0.1) is 11.3 Å². The van der Waals surface area contributed by atoms with E-state index in [0.29, 0.717) is 17.0 Å². The molecule has 2 N–H and O–H groups in total. The molecule has 134 valence electrons. The number of nitrogens with zero attached hydrogens (tertiary/aromatic N) is 1. The van der Waals surface area contributed by atoms with Gasteiger partial charge in [0, 0.05) is 10.4 Å². The molecule has 0 saturated carbocycles. The second-order valence-electron chi connectivity index (χ2n) is 6.63. The van der Waals surface area contributed by atoms with Gasteiger partial charge in [-0.2, -0.15) is 5.26 Å². The molecule has 0 unspecified atom stereocenters. The molecule has 6 heteroatoms. The molecule has 1 aromatic carbocycles. The average molecular weight is 384 g/mol. The molecule has 0 radical (unpaired) electrons. The topological polar surface area (TPSA) is 64.9 Å². The first-order valence-corrected chi connectivity index (χ1v) is 10.00. The van der Waals surface area contributed by atoms with Crippen LogP contribution in [0.3, 0.4) is 0 Å². The zero-order valence-corrected chi connectivity index (χ0v) is 16.5. The van der Waals surface area contributed by atoms with Crippen molar-refractivity contribution in [3.8, 4) is 6.07 Å². The lowest BCUT2D eigenvalue weighted by Crippen LogP contribution is -2.34. The van der Waals surface area contributed by atoms with E-state index in [1.807, 2.05) is 12.1 Å². The van der Waals surface area contributed by atoms with E-state index >= 15 is 0 Å². The van der Waals surface area contributed by atoms with Crippen LogP contribution in [0.4, 0.5) is 5.00 Å². The van der Waals surface area contributed by atoms with Crippen molar-refractivity contribution in [3.63, 3.8) is 0 Å². The number of thiocarbonyl (C=S) groups is 1. The first kappa shape index (κ1) is 18.6. The Labute approximate surface area is 163 Å². The van der Waals surface area contributed by atoms with Gasteiger partial charge in [0.1, 0.15) is 11.1 Å². The van der Waals surface area contributed by atoms with Crippen LogP contribution in [0.5, 0.6) is 0 Å². The molecule has 2 aromatic rings. The van der Waals surface area contributed by atoms with Gasteiger partial charge >= 0.3 is 0 Å². The molecule has 4 nitrogen and oxygen atoms in total. The van der Waals surface area contributed by atoms with E-state index < -0.39 is 0 Å². The molecular formula is C20H21N3OS2. The SMILES string of the molecule is CCc1ccc(C(=O)NC(=S)Nc2sc3c(c2C#N)CC[C@H](C)C3)cc1. The van der Waals surface area contributed by atoms with Crippen LogP contribution >= 0.6 is 23.6 Å². The van der Waals surface area contributed by atoms with Crippen molar-refractivity contribution in [2.24, 2.45) is 5.92 Å². The average Bonchev–Trinajstić information content (AvgIpc) is 2.97. The normalized spacial score (nSPS) is 15.7. The monoisotopic (exact) mass is 383 g/mol. The Bertz CT molecular complexity index is 878. The maximum Gasteiger partial charge on any atom is 0.257 e. The van der Waals surface area contributed by atoms with Gasteiger partial charge in [0.05, 0.1) is 5.56 Å². The second kappa shape index (κ2) is 7.98. The smallest absolute Gasteiger partial charge is 0.257 e. The quantitative estimate of drug-likeness (QED) is 0.770. The van der Waals surface area contributed by atoms with Crippen LogP contribution < -0.4 is 10.6 Å². The van der Waals surface area contributed by atoms with E-state index in [4.69, 9.17) is 12.2 Å². The fourth-order valence-electron chi connectivity index (χ4n) is 3.16. The maximum absolute atomic E-state index is 12.3. The molecular weight excluding hydrogens is 362 g/mol. The standard InChI is InChI=1S/C20H21N3OS2/c1-3-13-5-7-14(8-6-13)18(24)22-20(25)23-19-16(11-21)15-9-4-12(2)10-17(15)26-19/h5-8,12H,3-4,9-10H2,1-2H3,(H2,22,23,24,25)/t12-/m0/s1. The number of rotatable bonds is 3. The van der Waals surface area contributed by atoms with Crippen LogP contribution in [0.2, 0.25) is 0 Å². The number of carbonyl (C=O) groups excluding carboxylic acids is 1. The van der Waals surface area contributed by atoms with Gasteiger partial charge in [0.25, 0.3) is 5.91 Å². The molecule has 1 aliphatic rings. The Morgan fingerprint density at radius 3 is 2.77 bits per heavy atom.